The van der Waals surface area contributed by atoms with E-state index in [0.29, 0.717) is 0 Å². The predicted molar refractivity (Wildman–Crippen MR) is 302 cm³/mol. The molecule has 0 N–H and O–H groups in total. The number of aromatic nitrogens is 1. The molecule has 4 heteroatoms. The minimum Gasteiger partial charge on any atom is -0.376 e. The highest BCUT2D eigenvalue weighted by Crippen LogP contribution is 2.58. The van der Waals surface area contributed by atoms with E-state index in [1.807, 2.05) is 11.3 Å². The molecule has 3 aliphatic carbocycles. The van der Waals surface area contributed by atoms with E-state index < -0.39 is 0 Å². The normalized spacial score (nSPS) is 17.9. The van der Waals surface area contributed by atoms with Crippen molar-refractivity contribution in [1.29, 1.82) is 0 Å². The van der Waals surface area contributed by atoms with E-state index in [1.165, 1.54) is 150 Å². The predicted octanol–water partition coefficient (Wildman–Crippen LogP) is 16.6. The summed E-state index contributed by atoms with van der Waals surface area (Å²) in [5.41, 5.74) is 27.7. The second-order valence-corrected chi connectivity index (χ2v) is 26.3. The molecule has 2 aliphatic heterocycles. The van der Waals surface area contributed by atoms with Crippen LogP contribution >= 0.6 is 11.3 Å². The summed E-state index contributed by atoms with van der Waals surface area (Å²) >= 11 is 1.94. The Morgan fingerprint density at radius 3 is 1.89 bits per heavy atom. The zero-order valence-corrected chi connectivity index (χ0v) is 43.3. The highest BCUT2D eigenvalue weighted by Gasteiger charge is 2.48. The van der Waals surface area contributed by atoms with Gasteiger partial charge in [-0.15, -0.1) is 11.3 Å². The van der Waals surface area contributed by atoms with Crippen LogP contribution in [0.2, 0.25) is 0 Å². The molecule has 0 unspecified atom stereocenters. The van der Waals surface area contributed by atoms with Crippen molar-refractivity contribution >= 4 is 82.5 Å². The molecule has 0 saturated heterocycles. The summed E-state index contributed by atoms with van der Waals surface area (Å²) in [4.78, 5) is 2.76. The maximum Gasteiger partial charge on any atom is 0.333 e. The molecule has 0 saturated carbocycles. The summed E-state index contributed by atoms with van der Waals surface area (Å²) < 4.78 is 5.39. The Hall–Kier alpha value is -6.36. The van der Waals surface area contributed by atoms with E-state index in [4.69, 9.17) is 0 Å². The van der Waals surface area contributed by atoms with Gasteiger partial charge in [0.15, 0.2) is 0 Å². The Balaban J connectivity index is 1.08. The van der Waals surface area contributed by atoms with Gasteiger partial charge in [-0.25, -0.2) is 0 Å². The fraction of sp³-hybridized carbons (Fsp3) is 0.273. The fourth-order valence-corrected chi connectivity index (χ4v) is 15.6. The first-order chi connectivity index (χ1) is 33.3. The van der Waals surface area contributed by atoms with Gasteiger partial charge in [-0.2, -0.15) is 0 Å². The number of anilines is 2. The third-order valence-corrected chi connectivity index (χ3v) is 19.7. The van der Waals surface area contributed by atoms with Gasteiger partial charge in [0.25, 0.3) is 0 Å². The van der Waals surface area contributed by atoms with Gasteiger partial charge in [0.05, 0.1) is 11.0 Å². The molecule has 2 aromatic heterocycles. The van der Waals surface area contributed by atoms with Gasteiger partial charge in [0.2, 0.25) is 0 Å². The molecule has 0 amide bonds. The second-order valence-electron chi connectivity index (χ2n) is 25.2. The van der Waals surface area contributed by atoms with Crippen molar-refractivity contribution < 1.29 is 0 Å². The zero-order valence-electron chi connectivity index (χ0n) is 42.5. The number of rotatable bonds is 1. The lowest BCUT2D eigenvalue weighted by Gasteiger charge is -2.42. The monoisotopic (exact) mass is 922 g/mol. The molecule has 4 heterocycles. The van der Waals surface area contributed by atoms with E-state index in [0.717, 1.165) is 0 Å². The van der Waals surface area contributed by atoms with Gasteiger partial charge < -0.3 is 9.38 Å². The Kier molecular flexibility index (Phi) is 7.66. The molecule has 2 nitrogen and oxygen atoms in total. The minimum absolute atomic E-state index is 0.0369. The van der Waals surface area contributed by atoms with Crippen LogP contribution in [0.3, 0.4) is 0 Å². The Morgan fingerprint density at radius 2 is 1.11 bits per heavy atom. The van der Waals surface area contributed by atoms with E-state index in [1.54, 1.807) is 5.56 Å². The first-order valence-corrected chi connectivity index (χ1v) is 26.6. The fourth-order valence-electron chi connectivity index (χ4n) is 14.5. The molecule has 342 valence electrons. The summed E-state index contributed by atoms with van der Waals surface area (Å²) in [7, 11) is 0. The largest absolute Gasteiger partial charge is 0.376 e. The van der Waals surface area contributed by atoms with Crippen LogP contribution in [-0.2, 0) is 27.1 Å². The maximum atomic E-state index is 2.76. The Labute approximate surface area is 417 Å². The van der Waals surface area contributed by atoms with E-state index in [2.05, 4.69) is 219 Å². The molecule has 0 fully saturated rings. The third-order valence-electron chi connectivity index (χ3n) is 18.6. The number of hydrogen-bond donors (Lipinski definition) is 0. The van der Waals surface area contributed by atoms with Gasteiger partial charge in [-0.1, -0.05) is 149 Å². The van der Waals surface area contributed by atoms with Crippen LogP contribution in [0.15, 0.2) is 133 Å². The molecule has 70 heavy (non-hydrogen) atoms. The first kappa shape index (κ1) is 41.4. The van der Waals surface area contributed by atoms with E-state index >= 15 is 0 Å². The van der Waals surface area contributed by atoms with Crippen LogP contribution in [-0.4, -0.2) is 11.4 Å². The molecule has 10 aromatic rings. The van der Waals surface area contributed by atoms with Crippen LogP contribution in [0.4, 0.5) is 11.4 Å². The molecular formula is C66H59BN2S. The summed E-state index contributed by atoms with van der Waals surface area (Å²) in [6.45, 7) is 26.6. The lowest BCUT2D eigenvalue weighted by atomic mass is 9.44. The van der Waals surface area contributed by atoms with Gasteiger partial charge in [0.1, 0.15) is 0 Å². The zero-order chi connectivity index (χ0) is 47.9. The number of hydrogen-bond acceptors (Lipinski definition) is 2. The topological polar surface area (TPSA) is 8.17 Å². The van der Waals surface area contributed by atoms with Crippen LogP contribution in [0.25, 0.3) is 81.0 Å². The first-order valence-electron chi connectivity index (χ1n) is 25.8. The van der Waals surface area contributed by atoms with Crippen LogP contribution in [0.5, 0.6) is 0 Å². The molecule has 0 bridgehead atoms. The van der Waals surface area contributed by atoms with E-state index in [-0.39, 0.29) is 33.9 Å². The van der Waals surface area contributed by atoms with Crippen LogP contribution in [0.1, 0.15) is 128 Å². The average Bonchev–Trinajstić information content (AvgIpc) is 4.00. The number of fused-ring (bicyclic) bond motifs is 18. The van der Waals surface area contributed by atoms with Gasteiger partial charge >= 0.3 is 6.85 Å². The van der Waals surface area contributed by atoms with Crippen molar-refractivity contribution in [3.05, 3.63) is 172 Å². The molecule has 15 rings (SSSR count). The quantitative estimate of drug-likeness (QED) is 0.149. The van der Waals surface area contributed by atoms with Crippen molar-refractivity contribution in [3.63, 3.8) is 0 Å². The summed E-state index contributed by atoms with van der Waals surface area (Å²) in [5, 5.41) is 5.34. The summed E-state index contributed by atoms with van der Waals surface area (Å²) in [5.74, 6) is 0. The molecule has 0 atom stereocenters. The van der Waals surface area contributed by atoms with Crippen molar-refractivity contribution in [3.8, 4) is 39.1 Å². The lowest BCUT2D eigenvalue weighted by Crippen LogP contribution is -2.60. The van der Waals surface area contributed by atoms with Crippen molar-refractivity contribution in [2.24, 2.45) is 0 Å². The SMILES string of the molecule is CC(C)(C)c1ccc(N2B3c4cc5sc6ccccc6c5cc4-n4c5cc6c(cc5c5ccc(c3c54)-c3cc4c(cc32)-c2cc3c(cc2C4(C)C)C(C)(C)CCC3(C)C)-c2ccccc2C6(C)C)cc1. The average molecular weight is 923 g/mol. The summed E-state index contributed by atoms with van der Waals surface area (Å²) in [6.07, 6.45) is 2.41. The number of nitrogens with zero attached hydrogens (tertiary/aromatic N) is 2. The number of thiophene rings is 1. The lowest BCUT2D eigenvalue weighted by molar-refractivity contribution is 0.331. The van der Waals surface area contributed by atoms with Gasteiger partial charge in [-0.3, -0.25) is 0 Å². The molecule has 0 radical (unpaired) electrons. The Bertz CT molecular complexity index is 4050. The molecule has 5 aliphatic rings. The van der Waals surface area contributed by atoms with Crippen LogP contribution in [0, 0.1) is 0 Å². The van der Waals surface area contributed by atoms with Crippen molar-refractivity contribution in [1.82, 2.24) is 4.57 Å². The molecular weight excluding hydrogens is 864 g/mol. The maximum absolute atomic E-state index is 2.76. The van der Waals surface area contributed by atoms with Gasteiger partial charge in [0, 0.05) is 64.4 Å². The van der Waals surface area contributed by atoms with Gasteiger partial charge in [-0.05, 0) is 167 Å². The van der Waals surface area contributed by atoms with E-state index in [9.17, 15) is 0 Å². The third kappa shape index (κ3) is 5.06. The smallest absolute Gasteiger partial charge is 0.333 e. The number of benzene rings is 8. The second kappa shape index (κ2) is 12.9. The Morgan fingerprint density at radius 1 is 0.471 bits per heavy atom. The highest BCUT2D eigenvalue weighted by atomic mass is 32.1. The molecule has 8 aromatic carbocycles. The molecule has 0 spiro atoms. The standard InChI is InChI=1S/C66H59BN2S/c1-62(2,3)36-20-22-37(23-21-36)69-56-31-44-43-29-52-53(64(6,7)27-26-63(52,4)5)33-50(43)66(10,11)49(44)30-46(56)40-24-25-41-45-28-42-38-16-12-14-18-48(38)65(8,9)51(42)34-55(45)68-57-32-47-39-17-13-15-19-58(39)70-59(47)35-54(57)67(69)60(40)61(41)68/h12-25,28-35H,26-27H2,1-11H3. The summed E-state index contributed by atoms with van der Waals surface area (Å²) in [6, 6.07) is 53.6. The van der Waals surface area contributed by atoms with Crippen LogP contribution < -0.4 is 15.7 Å². The minimum atomic E-state index is -0.165. The van der Waals surface area contributed by atoms with Crippen molar-refractivity contribution in [2.75, 3.05) is 4.81 Å². The highest BCUT2D eigenvalue weighted by molar-refractivity contribution is 7.26. The van der Waals surface area contributed by atoms with Crippen molar-refractivity contribution in [2.45, 2.75) is 116 Å².